The fraction of sp³-hybridized carbons (Fsp3) is 0.647. The summed E-state index contributed by atoms with van der Waals surface area (Å²) in [4.78, 5) is 2.61. The van der Waals surface area contributed by atoms with Gasteiger partial charge in [-0.15, -0.1) is 0 Å². The summed E-state index contributed by atoms with van der Waals surface area (Å²) in [7, 11) is 0. The van der Waals surface area contributed by atoms with Crippen molar-refractivity contribution in [1.82, 2.24) is 10.2 Å². The van der Waals surface area contributed by atoms with E-state index in [-0.39, 0.29) is 0 Å². The molecule has 1 saturated heterocycles. The first-order valence-electron chi connectivity index (χ1n) is 7.97. The van der Waals surface area contributed by atoms with Crippen molar-refractivity contribution in [3.8, 4) is 0 Å². The molecule has 0 spiro atoms. The second-order valence-corrected chi connectivity index (χ2v) is 7.99. The molecule has 0 aromatic heterocycles. The number of nitrogens with zero attached hydrogens (tertiary/aromatic N) is 1. The zero-order valence-corrected chi connectivity index (χ0v) is 16.2. The van der Waals surface area contributed by atoms with Gasteiger partial charge < -0.3 is 10.2 Å². The number of nitrogens with one attached hydrogen (secondary N) is 1. The van der Waals surface area contributed by atoms with Gasteiger partial charge in [0.05, 0.1) is 0 Å². The summed E-state index contributed by atoms with van der Waals surface area (Å²) in [6, 6.07) is 6.78. The van der Waals surface area contributed by atoms with Crippen LogP contribution in [0, 0.1) is 5.92 Å². The molecule has 1 heterocycles. The monoisotopic (exact) mass is 416 g/mol. The van der Waals surface area contributed by atoms with Gasteiger partial charge in [0.15, 0.2) is 0 Å². The van der Waals surface area contributed by atoms with Gasteiger partial charge in [-0.05, 0) is 76.0 Å². The lowest BCUT2D eigenvalue weighted by atomic mass is 9.99. The number of hydrogen-bond donors (Lipinski definition) is 1. The first kappa shape index (κ1) is 17.5. The first-order chi connectivity index (χ1) is 10.1. The minimum Gasteiger partial charge on any atom is -0.310 e. The van der Waals surface area contributed by atoms with E-state index in [2.05, 4.69) is 74.1 Å². The van der Waals surface area contributed by atoms with Crippen molar-refractivity contribution in [2.45, 2.75) is 39.2 Å². The lowest BCUT2D eigenvalue weighted by molar-refractivity contribution is 0.190. The second-order valence-electron chi connectivity index (χ2n) is 6.22. The van der Waals surface area contributed by atoms with E-state index in [9.17, 15) is 0 Å². The van der Waals surface area contributed by atoms with Gasteiger partial charge in [-0.2, -0.15) is 0 Å². The molecule has 0 bridgehead atoms. The molecule has 0 saturated carbocycles. The Balaban J connectivity index is 1.68. The highest BCUT2D eigenvalue weighted by molar-refractivity contribution is 9.11. The van der Waals surface area contributed by atoms with Crippen LogP contribution < -0.4 is 5.32 Å². The van der Waals surface area contributed by atoms with E-state index in [0.717, 1.165) is 16.9 Å². The van der Waals surface area contributed by atoms with Crippen molar-refractivity contribution in [3.05, 3.63) is 32.7 Å². The van der Waals surface area contributed by atoms with E-state index in [0.29, 0.717) is 6.04 Å². The summed E-state index contributed by atoms with van der Waals surface area (Å²) < 4.78 is 2.28. The van der Waals surface area contributed by atoms with Crippen LogP contribution in [0.3, 0.4) is 0 Å². The summed E-state index contributed by atoms with van der Waals surface area (Å²) in [5, 5.41) is 3.64. The van der Waals surface area contributed by atoms with Crippen LogP contribution in [0.5, 0.6) is 0 Å². The maximum absolute atomic E-state index is 3.65. The van der Waals surface area contributed by atoms with E-state index in [1.165, 1.54) is 48.9 Å². The normalized spacial score (nSPS) is 18.9. The molecule has 21 heavy (non-hydrogen) atoms. The van der Waals surface area contributed by atoms with Gasteiger partial charge in [-0.3, -0.25) is 0 Å². The standard InChI is InChI=1S/C17H26Br2N2/c1-13-6-10-21(11-7-13)9-3-8-20-14(2)16-5-4-15(18)12-17(16)19/h4-5,12-14,20H,3,6-11H2,1-2H3. The summed E-state index contributed by atoms with van der Waals surface area (Å²) in [6.07, 6.45) is 3.97. The van der Waals surface area contributed by atoms with Crippen LogP contribution >= 0.6 is 31.9 Å². The maximum Gasteiger partial charge on any atom is 0.0302 e. The molecular weight excluding hydrogens is 392 g/mol. The molecule has 1 aromatic rings. The highest BCUT2D eigenvalue weighted by atomic mass is 79.9. The molecule has 4 heteroatoms. The Hall–Kier alpha value is 0.1000. The van der Waals surface area contributed by atoms with Gasteiger partial charge in [0, 0.05) is 15.0 Å². The minimum absolute atomic E-state index is 0.383. The molecule has 1 fully saturated rings. The summed E-state index contributed by atoms with van der Waals surface area (Å²) in [5.41, 5.74) is 1.32. The number of hydrogen-bond acceptors (Lipinski definition) is 2. The third-order valence-electron chi connectivity index (χ3n) is 4.41. The highest BCUT2D eigenvalue weighted by Gasteiger charge is 2.15. The average Bonchev–Trinajstić information content (AvgIpc) is 2.45. The van der Waals surface area contributed by atoms with E-state index in [1.54, 1.807) is 0 Å². The lowest BCUT2D eigenvalue weighted by Gasteiger charge is -2.30. The minimum atomic E-state index is 0.383. The largest absolute Gasteiger partial charge is 0.310 e. The summed E-state index contributed by atoms with van der Waals surface area (Å²) in [5.74, 6) is 0.925. The Morgan fingerprint density at radius 3 is 2.67 bits per heavy atom. The molecule has 1 atom stereocenters. The van der Waals surface area contributed by atoms with Gasteiger partial charge in [0.2, 0.25) is 0 Å². The van der Waals surface area contributed by atoms with Crippen LogP contribution in [-0.4, -0.2) is 31.1 Å². The number of benzene rings is 1. The lowest BCUT2D eigenvalue weighted by Crippen LogP contribution is -2.35. The number of piperidine rings is 1. The third-order valence-corrected chi connectivity index (χ3v) is 5.59. The van der Waals surface area contributed by atoms with Crippen LogP contribution in [0.1, 0.15) is 44.7 Å². The van der Waals surface area contributed by atoms with Crippen molar-refractivity contribution in [3.63, 3.8) is 0 Å². The zero-order chi connectivity index (χ0) is 15.2. The van der Waals surface area contributed by atoms with Gasteiger partial charge in [-0.25, -0.2) is 0 Å². The molecule has 1 N–H and O–H groups in total. The fourth-order valence-electron chi connectivity index (χ4n) is 2.87. The van der Waals surface area contributed by atoms with Gasteiger partial charge in [0.1, 0.15) is 0 Å². The second kappa shape index (κ2) is 8.66. The molecule has 1 unspecified atom stereocenters. The van der Waals surface area contributed by atoms with Gasteiger partial charge in [0.25, 0.3) is 0 Å². The van der Waals surface area contributed by atoms with E-state index in [4.69, 9.17) is 0 Å². The molecule has 0 aliphatic carbocycles. The smallest absolute Gasteiger partial charge is 0.0302 e. The Labute approximate surface area is 145 Å². The number of halogens is 2. The van der Waals surface area contributed by atoms with Crippen LogP contribution in [0.2, 0.25) is 0 Å². The van der Waals surface area contributed by atoms with Gasteiger partial charge in [-0.1, -0.05) is 44.8 Å². The van der Waals surface area contributed by atoms with Crippen molar-refractivity contribution >= 4 is 31.9 Å². The van der Waals surface area contributed by atoms with Crippen LogP contribution in [0.15, 0.2) is 27.1 Å². The molecule has 1 aliphatic rings. The molecule has 1 aromatic carbocycles. The van der Waals surface area contributed by atoms with Gasteiger partial charge >= 0.3 is 0 Å². The Bertz CT molecular complexity index is 442. The number of likely N-dealkylation sites (tertiary alicyclic amines) is 1. The SMILES string of the molecule is CC1CCN(CCCNC(C)c2ccc(Br)cc2Br)CC1. The summed E-state index contributed by atoms with van der Waals surface area (Å²) >= 11 is 7.15. The Morgan fingerprint density at radius 1 is 1.29 bits per heavy atom. The third kappa shape index (κ3) is 5.66. The van der Waals surface area contributed by atoms with Crippen molar-refractivity contribution in [1.29, 1.82) is 0 Å². The van der Waals surface area contributed by atoms with Crippen molar-refractivity contribution in [2.75, 3.05) is 26.2 Å². The quantitative estimate of drug-likeness (QED) is 0.656. The van der Waals surface area contributed by atoms with E-state index >= 15 is 0 Å². The molecule has 0 radical (unpaired) electrons. The number of rotatable bonds is 6. The maximum atomic E-state index is 3.65. The van der Waals surface area contributed by atoms with Crippen LogP contribution in [0.4, 0.5) is 0 Å². The summed E-state index contributed by atoms with van der Waals surface area (Å²) in [6.45, 7) is 9.49. The molecule has 0 amide bonds. The van der Waals surface area contributed by atoms with E-state index < -0.39 is 0 Å². The highest BCUT2D eigenvalue weighted by Crippen LogP contribution is 2.26. The molecule has 2 rings (SSSR count). The predicted molar refractivity (Wildman–Crippen MR) is 97.7 cm³/mol. The van der Waals surface area contributed by atoms with Crippen LogP contribution in [-0.2, 0) is 0 Å². The zero-order valence-electron chi connectivity index (χ0n) is 13.0. The topological polar surface area (TPSA) is 15.3 Å². The molecular formula is C17H26Br2N2. The Morgan fingerprint density at radius 2 is 2.00 bits per heavy atom. The van der Waals surface area contributed by atoms with Crippen molar-refractivity contribution < 1.29 is 0 Å². The molecule has 118 valence electrons. The Kier molecular flexibility index (Phi) is 7.20. The first-order valence-corrected chi connectivity index (χ1v) is 9.55. The molecule has 2 nitrogen and oxygen atoms in total. The molecule has 1 aliphatic heterocycles. The van der Waals surface area contributed by atoms with Crippen molar-refractivity contribution in [2.24, 2.45) is 5.92 Å². The predicted octanol–water partition coefficient (Wildman–Crippen LogP) is 4.98. The van der Waals surface area contributed by atoms with Crippen LogP contribution in [0.25, 0.3) is 0 Å². The van der Waals surface area contributed by atoms with E-state index in [1.807, 2.05) is 0 Å². The fourth-order valence-corrected chi connectivity index (χ4v) is 4.26. The average molecular weight is 418 g/mol.